The molecule has 0 spiro atoms. The number of hydrogen-bond acceptors (Lipinski definition) is 5. The summed E-state index contributed by atoms with van der Waals surface area (Å²) in [5.74, 6) is 0. The fourth-order valence-corrected chi connectivity index (χ4v) is 2.70. The number of oxime groups is 1. The minimum atomic E-state index is -0.257. The molecule has 84 valence electrons. The van der Waals surface area contributed by atoms with Gasteiger partial charge < -0.3 is 9.62 Å². The lowest BCUT2D eigenvalue weighted by Gasteiger charge is -1.89. The van der Waals surface area contributed by atoms with E-state index in [4.69, 9.17) is 9.62 Å². The maximum atomic E-state index is 12.0. The van der Waals surface area contributed by atoms with Crippen molar-refractivity contribution in [2.24, 2.45) is 5.16 Å². The molecule has 0 aliphatic rings. The van der Waals surface area contributed by atoms with E-state index in [0.717, 1.165) is 16.3 Å². The van der Waals surface area contributed by atoms with E-state index in [-0.39, 0.29) is 5.43 Å². The highest BCUT2D eigenvalue weighted by Crippen LogP contribution is 2.29. The maximum absolute atomic E-state index is 12.0. The van der Waals surface area contributed by atoms with Gasteiger partial charge in [-0.2, -0.15) is 0 Å². The lowest BCUT2D eigenvalue weighted by molar-refractivity contribution is 0.322. The molecule has 17 heavy (non-hydrogen) atoms. The van der Waals surface area contributed by atoms with Gasteiger partial charge in [0.05, 0.1) is 16.5 Å². The molecule has 0 saturated carbocycles. The average Bonchev–Trinajstić information content (AvgIpc) is 2.73. The van der Waals surface area contributed by atoms with E-state index in [9.17, 15) is 4.79 Å². The zero-order valence-corrected chi connectivity index (χ0v) is 9.40. The molecular formula is C12H7NO3S. The average molecular weight is 245 g/mol. The van der Waals surface area contributed by atoms with E-state index in [0.29, 0.717) is 16.7 Å². The molecule has 0 bridgehead atoms. The number of para-hydroxylation sites is 1. The lowest BCUT2D eigenvalue weighted by Crippen LogP contribution is -2.05. The summed E-state index contributed by atoms with van der Waals surface area (Å²) in [6, 6.07) is 7.49. The summed E-state index contributed by atoms with van der Waals surface area (Å²) in [5.41, 5.74) is 1.07. The van der Waals surface area contributed by atoms with Gasteiger partial charge in [0.2, 0.25) is 5.43 Å². The first-order chi connectivity index (χ1) is 8.31. The quantitative estimate of drug-likeness (QED) is 0.407. The second-order valence-corrected chi connectivity index (χ2v) is 4.40. The molecule has 0 radical (unpaired) electrons. The highest BCUT2D eigenvalue weighted by molar-refractivity contribution is 7.17. The Morgan fingerprint density at radius 3 is 3.00 bits per heavy atom. The van der Waals surface area contributed by atoms with Gasteiger partial charge in [0.25, 0.3) is 0 Å². The summed E-state index contributed by atoms with van der Waals surface area (Å²) < 4.78 is 6.34. The van der Waals surface area contributed by atoms with Crippen molar-refractivity contribution in [3.63, 3.8) is 0 Å². The fourth-order valence-electron chi connectivity index (χ4n) is 1.75. The van der Waals surface area contributed by atoms with E-state index in [1.165, 1.54) is 11.3 Å². The van der Waals surface area contributed by atoms with E-state index >= 15 is 0 Å². The summed E-state index contributed by atoms with van der Waals surface area (Å²) >= 11 is 1.40. The molecule has 0 aliphatic carbocycles. The number of furan rings is 1. The molecule has 2 aromatic heterocycles. The van der Waals surface area contributed by atoms with Crippen molar-refractivity contribution in [3.05, 3.63) is 45.4 Å². The van der Waals surface area contributed by atoms with Gasteiger partial charge in [-0.25, -0.2) is 0 Å². The van der Waals surface area contributed by atoms with Crippen LogP contribution in [0.3, 0.4) is 0 Å². The highest BCUT2D eigenvalue weighted by Gasteiger charge is 2.12. The SMILES string of the molecule is O=c1c(/C=N/O)csc2c1oc1ccccc12. The molecule has 5 heteroatoms. The first-order valence-corrected chi connectivity index (χ1v) is 5.79. The van der Waals surface area contributed by atoms with Crippen molar-refractivity contribution >= 4 is 38.8 Å². The van der Waals surface area contributed by atoms with Crippen LogP contribution in [0.2, 0.25) is 0 Å². The number of benzene rings is 1. The Bertz CT molecular complexity index is 785. The zero-order chi connectivity index (χ0) is 11.8. The minimum absolute atomic E-state index is 0.257. The van der Waals surface area contributed by atoms with Crippen LogP contribution < -0.4 is 5.43 Å². The van der Waals surface area contributed by atoms with Gasteiger partial charge in [-0.3, -0.25) is 4.79 Å². The second-order valence-electron chi connectivity index (χ2n) is 3.52. The van der Waals surface area contributed by atoms with Crippen LogP contribution in [0.1, 0.15) is 5.56 Å². The van der Waals surface area contributed by atoms with Crippen molar-refractivity contribution in [1.29, 1.82) is 0 Å². The van der Waals surface area contributed by atoms with Crippen LogP contribution in [0.25, 0.3) is 21.3 Å². The Balaban J connectivity index is 2.49. The van der Waals surface area contributed by atoms with Gasteiger partial charge in [0.15, 0.2) is 5.58 Å². The van der Waals surface area contributed by atoms with E-state index in [1.54, 1.807) is 5.38 Å². The number of rotatable bonds is 1. The van der Waals surface area contributed by atoms with E-state index in [2.05, 4.69) is 5.16 Å². The Morgan fingerprint density at radius 2 is 2.18 bits per heavy atom. The Kier molecular flexibility index (Phi) is 2.19. The predicted octanol–water partition coefficient (Wildman–Crippen LogP) is 2.82. The number of nitrogens with zero attached hydrogens (tertiary/aromatic N) is 1. The van der Waals surface area contributed by atoms with Crippen molar-refractivity contribution < 1.29 is 9.62 Å². The minimum Gasteiger partial charge on any atom is -0.451 e. The van der Waals surface area contributed by atoms with E-state index in [1.807, 2.05) is 24.3 Å². The van der Waals surface area contributed by atoms with Crippen molar-refractivity contribution in [3.8, 4) is 0 Å². The highest BCUT2D eigenvalue weighted by atomic mass is 32.1. The monoisotopic (exact) mass is 245 g/mol. The van der Waals surface area contributed by atoms with E-state index < -0.39 is 0 Å². The molecule has 4 nitrogen and oxygen atoms in total. The van der Waals surface area contributed by atoms with Crippen LogP contribution in [0.5, 0.6) is 0 Å². The van der Waals surface area contributed by atoms with Crippen LogP contribution in [-0.2, 0) is 0 Å². The molecule has 3 rings (SSSR count). The summed E-state index contributed by atoms with van der Waals surface area (Å²) in [4.78, 5) is 12.0. The number of hydrogen-bond donors (Lipinski definition) is 1. The third-order valence-corrected chi connectivity index (χ3v) is 3.53. The molecule has 0 unspecified atom stereocenters. The topological polar surface area (TPSA) is 62.8 Å². The summed E-state index contributed by atoms with van der Waals surface area (Å²) in [6.45, 7) is 0. The first-order valence-electron chi connectivity index (χ1n) is 4.92. The summed E-state index contributed by atoms with van der Waals surface area (Å²) in [6.07, 6.45) is 1.12. The third kappa shape index (κ3) is 1.43. The number of fused-ring (bicyclic) bond motifs is 3. The van der Waals surface area contributed by atoms with Crippen LogP contribution in [-0.4, -0.2) is 11.4 Å². The van der Waals surface area contributed by atoms with Gasteiger partial charge in [0, 0.05) is 10.8 Å². The molecule has 3 aromatic rings. The molecule has 0 atom stereocenters. The fraction of sp³-hybridized carbons (Fsp3) is 0. The molecule has 1 N–H and O–H groups in total. The normalized spacial score (nSPS) is 11.8. The van der Waals surface area contributed by atoms with Crippen LogP contribution in [0.4, 0.5) is 0 Å². The molecule has 2 heterocycles. The zero-order valence-electron chi connectivity index (χ0n) is 8.58. The van der Waals surface area contributed by atoms with Crippen LogP contribution >= 0.6 is 11.3 Å². The van der Waals surface area contributed by atoms with Crippen LogP contribution in [0, 0.1) is 0 Å². The molecule has 1 aromatic carbocycles. The predicted molar refractivity (Wildman–Crippen MR) is 67.2 cm³/mol. The van der Waals surface area contributed by atoms with Crippen molar-refractivity contribution in [1.82, 2.24) is 0 Å². The summed E-state index contributed by atoms with van der Waals surface area (Å²) in [7, 11) is 0. The smallest absolute Gasteiger partial charge is 0.232 e. The molecule has 0 fully saturated rings. The summed E-state index contributed by atoms with van der Waals surface area (Å²) in [5, 5.41) is 13.9. The van der Waals surface area contributed by atoms with Gasteiger partial charge in [0.1, 0.15) is 5.58 Å². The second kappa shape index (κ2) is 3.71. The maximum Gasteiger partial charge on any atom is 0.232 e. The standard InChI is InChI=1S/C12H7NO3S/c14-10-7(5-13-15)6-17-12-8-3-1-2-4-9(8)16-11(10)12/h1-6,15H/b13-5+. The molecule has 0 amide bonds. The Labute approximate surface area is 99.4 Å². The van der Waals surface area contributed by atoms with Crippen molar-refractivity contribution in [2.75, 3.05) is 0 Å². The molecule has 0 saturated heterocycles. The Morgan fingerprint density at radius 1 is 1.35 bits per heavy atom. The van der Waals surface area contributed by atoms with Gasteiger partial charge in [-0.15, -0.1) is 11.3 Å². The van der Waals surface area contributed by atoms with Gasteiger partial charge >= 0.3 is 0 Å². The van der Waals surface area contributed by atoms with Gasteiger partial charge in [-0.1, -0.05) is 17.3 Å². The van der Waals surface area contributed by atoms with Crippen molar-refractivity contribution in [2.45, 2.75) is 0 Å². The Hall–Kier alpha value is -2.14. The van der Waals surface area contributed by atoms with Gasteiger partial charge in [-0.05, 0) is 12.1 Å². The van der Waals surface area contributed by atoms with Crippen LogP contribution in [0.15, 0.2) is 44.0 Å². The molecular weight excluding hydrogens is 238 g/mol. The molecule has 0 aliphatic heterocycles. The first kappa shape index (κ1) is 10.0. The third-order valence-electron chi connectivity index (χ3n) is 2.52. The lowest BCUT2D eigenvalue weighted by atomic mass is 10.2. The largest absolute Gasteiger partial charge is 0.451 e.